The van der Waals surface area contributed by atoms with E-state index >= 15 is 0 Å². The van der Waals surface area contributed by atoms with Crippen LogP contribution in [0.2, 0.25) is 5.02 Å². The summed E-state index contributed by atoms with van der Waals surface area (Å²) >= 11 is 7.56. The predicted octanol–water partition coefficient (Wildman–Crippen LogP) is 3.88. The van der Waals surface area contributed by atoms with E-state index < -0.39 is 0 Å². The third-order valence-corrected chi connectivity index (χ3v) is 5.00. The number of fused-ring (bicyclic) bond motifs is 1. The minimum Gasteiger partial charge on any atom is -0.497 e. The predicted molar refractivity (Wildman–Crippen MR) is 101 cm³/mol. The Bertz CT molecular complexity index is 956. The van der Waals surface area contributed by atoms with Gasteiger partial charge in [0.2, 0.25) is 5.16 Å². The highest BCUT2D eigenvalue weighted by Crippen LogP contribution is 2.25. The Morgan fingerprint density at radius 1 is 1.12 bits per heavy atom. The Morgan fingerprint density at radius 3 is 2.73 bits per heavy atom. The first kappa shape index (κ1) is 16.9. The molecule has 1 aromatic heterocycles. The largest absolute Gasteiger partial charge is 0.497 e. The second-order valence-electron chi connectivity index (χ2n) is 5.52. The van der Waals surface area contributed by atoms with E-state index in [4.69, 9.17) is 26.2 Å². The fraction of sp³-hybridized carbons (Fsp3) is 0.167. The van der Waals surface area contributed by atoms with Gasteiger partial charge in [0.05, 0.1) is 12.8 Å². The smallest absolute Gasteiger partial charge is 0.212 e. The molecule has 1 aliphatic heterocycles. The number of hydrogen-bond donors (Lipinski definition) is 0. The lowest BCUT2D eigenvalue weighted by atomic mass is 10.1. The van der Waals surface area contributed by atoms with Crippen molar-refractivity contribution < 1.29 is 9.47 Å². The molecule has 2 aromatic carbocycles. The van der Waals surface area contributed by atoms with Gasteiger partial charge in [-0.3, -0.25) is 0 Å². The molecule has 8 heteroatoms. The van der Waals surface area contributed by atoms with E-state index in [0.717, 1.165) is 27.9 Å². The third-order valence-electron chi connectivity index (χ3n) is 3.82. The second-order valence-corrected chi connectivity index (χ2v) is 6.90. The fourth-order valence-electron chi connectivity index (χ4n) is 2.48. The highest BCUT2D eigenvalue weighted by atomic mass is 35.5. The van der Waals surface area contributed by atoms with Crippen LogP contribution in [0.25, 0.3) is 0 Å². The summed E-state index contributed by atoms with van der Waals surface area (Å²) in [5, 5.41) is 14.5. The van der Waals surface area contributed by atoms with Gasteiger partial charge in [0, 0.05) is 16.8 Å². The summed E-state index contributed by atoms with van der Waals surface area (Å²) in [6, 6.07) is 15.1. The summed E-state index contributed by atoms with van der Waals surface area (Å²) in [6.07, 6.45) is 0. The number of aromatic nitrogens is 3. The molecule has 26 heavy (non-hydrogen) atoms. The molecule has 0 fully saturated rings. The first-order valence-corrected chi connectivity index (χ1v) is 9.27. The maximum Gasteiger partial charge on any atom is 0.212 e. The molecule has 0 spiro atoms. The van der Waals surface area contributed by atoms with Gasteiger partial charge >= 0.3 is 0 Å². The molecule has 4 rings (SSSR count). The van der Waals surface area contributed by atoms with E-state index in [2.05, 4.69) is 10.2 Å². The molecule has 0 amide bonds. The zero-order valence-corrected chi connectivity index (χ0v) is 15.5. The van der Waals surface area contributed by atoms with Gasteiger partial charge in [-0.15, -0.1) is 10.2 Å². The molecule has 0 radical (unpaired) electrons. The third kappa shape index (κ3) is 3.54. The maximum absolute atomic E-state index is 5.96. The van der Waals surface area contributed by atoms with Crippen molar-refractivity contribution >= 4 is 29.1 Å². The zero-order valence-electron chi connectivity index (χ0n) is 13.9. The van der Waals surface area contributed by atoms with Crippen molar-refractivity contribution in [2.45, 2.75) is 11.8 Å². The molecule has 0 saturated heterocycles. The highest BCUT2D eigenvalue weighted by Gasteiger charge is 2.20. The van der Waals surface area contributed by atoms with Crippen LogP contribution in [-0.4, -0.2) is 33.4 Å². The van der Waals surface area contributed by atoms with Crippen molar-refractivity contribution in [1.82, 2.24) is 14.9 Å². The summed E-state index contributed by atoms with van der Waals surface area (Å²) < 4.78 is 12.8. The van der Waals surface area contributed by atoms with Crippen molar-refractivity contribution in [2.24, 2.45) is 5.10 Å². The second kappa shape index (κ2) is 7.39. The van der Waals surface area contributed by atoms with E-state index in [1.54, 1.807) is 23.5 Å². The number of halogens is 1. The average molecular weight is 387 g/mol. The normalized spacial score (nSPS) is 13.1. The zero-order chi connectivity index (χ0) is 17.9. The van der Waals surface area contributed by atoms with E-state index in [0.29, 0.717) is 16.6 Å². The van der Waals surface area contributed by atoms with E-state index in [-0.39, 0.29) is 6.61 Å². The Balaban J connectivity index is 1.55. The molecule has 6 nitrogen and oxygen atoms in total. The molecular weight excluding hydrogens is 372 g/mol. The number of nitrogens with zero attached hydrogens (tertiary/aromatic N) is 4. The van der Waals surface area contributed by atoms with Gasteiger partial charge in [-0.1, -0.05) is 41.6 Å². The molecule has 2 heterocycles. The van der Waals surface area contributed by atoms with Crippen LogP contribution in [0.5, 0.6) is 11.5 Å². The van der Waals surface area contributed by atoms with Gasteiger partial charge in [-0.25, -0.2) is 0 Å². The van der Waals surface area contributed by atoms with Crippen molar-refractivity contribution in [3.8, 4) is 11.5 Å². The number of hydrogen-bond acceptors (Lipinski definition) is 6. The van der Waals surface area contributed by atoms with Gasteiger partial charge in [-0.2, -0.15) is 9.78 Å². The van der Waals surface area contributed by atoms with Crippen molar-refractivity contribution in [1.29, 1.82) is 0 Å². The number of methoxy groups -OCH3 is 1. The first-order chi connectivity index (χ1) is 12.7. The van der Waals surface area contributed by atoms with Gasteiger partial charge in [0.1, 0.15) is 18.1 Å². The maximum atomic E-state index is 5.96. The first-order valence-electron chi connectivity index (χ1n) is 7.90. The quantitative estimate of drug-likeness (QED) is 0.666. The summed E-state index contributed by atoms with van der Waals surface area (Å²) in [7, 11) is 1.62. The van der Waals surface area contributed by atoms with Gasteiger partial charge in [-0.05, 0) is 29.8 Å². The molecule has 132 valence electrons. The van der Waals surface area contributed by atoms with Crippen LogP contribution in [0.15, 0.2) is 58.8 Å². The average Bonchev–Trinajstić information content (AvgIpc) is 3.09. The Kier molecular flexibility index (Phi) is 4.81. The molecule has 0 aliphatic carbocycles. The van der Waals surface area contributed by atoms with Crippen LogP contribution in [-0.2, 0) is 6.61 Å². The Hall–Kier alpha value is -2.51. The number of rotatable bonds is 5. The summed E-state index contributed by atoms with van der Waals surface area (Å²) in [6.45, 7) is 0.262. The molecular formula is C18H15ClN4O2S. The van der Waals surface area contributed by atoms with Gasteiger partial charge < -0.3 is 9.47 Å². The SMILES string of the molecule is COc1cccc(OCc2nnc3n2N=C(c2ccc(Cl)cc2)CS3)c1. The Morgan fingerprint density at radius 2 is 1.92 bits per heavy atom. The summed E-state index contributed by atoms with van der Waals surface area (Å²) in [5.74, 6) is 2.81. The van der Waals surface area contributed by atoms with Crippen molar-refractivity contribution in [3.05, 3.63) is 64.9 Å². The molecule has 3 aromatic rings. The lowest BCUT2D eigenvalue weighted by Crippen LogP contribution is -2.15. The topological polar surface area (TPSA) is 61.5 Å². The minimum absolute atomic E-state index is 0.262. The van der Waals surface area contributed by atoms with Crippen LogP contribution in [0.3, 0.4) is 0 Å². The molecule has 0 bridgehead atoms. The van der Waals surface area contributed by atoms with Crippen LogP contribution in [0, 0.1) is 0 Å². The lowest BCUT2D eigenvalue weighted by molar-refractivity contribution is 0.288. The van der Waals surface area contributed by atoms with Crippen LogP contribution in [0.4, 0.5) is 0 Å². The van der Waals surface area contributed by atoms with Gasteiger partial charge in [0.25, 0.3) is 0 Å². The van der Waals surface area contributed by atoms with Crippen LogP contribution < -0.4 is 9.47 Å². The molecule has 0 unspecified atom stereocenters. The highest BCUT2D eigenvalue weighted by molar-refractivity contribution is 7.99. The summed E-state index contributed by atoms with van der Waals surface area (Å²) in [5.41, 5.74) is 1.97. The molecule has 0 saturated carbocycles. The van der Waals surface area contributed by atoms with Gasteiger partial charge in [0.15, 0.2) is 5.82 Å². The Labute approximate surface area is 159 Å². The number of ether oxygens (including phenoxy) is 2. The van der Waals surface area contributed by atoms with Crippen LogP contribution in [0.1, 0.15) is 11.4 Å². The van der Waals surface area contributed by atoms with E-state index in [1.807, 2.05) is 48.5 Å². The molecule has 1 aliphatic rings. The summed E-state index contributed by atoms with van der Waals surface area (Å²) in [4.78, 5) is 0. The van der Waals surface area contributed by atoms with Crippen LogP contribution >= 0.6 is 23.4 Å². The van der Waals surface area contributed by atoms with Crippen molar-refractivity contribution in [2.75, 3.05) is 12.9 Å². The number of thioether (sulfide) groups is 1. The fourth-order valence-corrected chi connectivity index (χ4v) is 3.46. The minimum atomic E-state index is 0.262. The number of benzene rings is 2. The standard InChI is InChI=1S/C18H15ClN4O2S/c1-24-14-3-2-4-15(9-14)25-10-17-20-21-18-23(17)22-16(11-26-18)12-5-7-13(19)8-6-12/h2-9H,10-11H2,1H3. The monoisotopic (exact) mass is 386 g/mol. The van der Waals surface area contributed by atoms with E-state index in [9.17, 15) is 0 Å². The van der Waals surface area contributed by atoms with Crippen molar-refractivity contribution in [3.63, 3.8) is 0 Å². The molecule has 0 N–H and O–H groups in total. The lowest BCUT2D eigenvalue weighted by Gasteiger charge is -2.14. The molecule has 0 atom stereocenters. The van der Waals surface area contributed by atoms with E-state index in [1.165, 1.54) is 0 Å².